The normalized spacial score (nSPS) is 18.7. The molecule has 0 saturated carbocycles. The van der Waals surface area contributed by atoms with E-state index in [1.807, 2.05) is 24.3 Å². The lowest BCUT2D eigenvalue weighted by atomic mass is 9.62. The van der Waals surface area contributed by atoms with Gasteiger partial charge in [-0.3, -0.25) is 0 Å². The van der Waals surface area contributed by atoms with Crippen LogP contribution < -0.4 is 4.74 Å². The summed E-state index contributed by atoms with van der Waals surface area (Å²) in [6.07, 6.45) is 4.19. The molecule has 2 aromatic rings. The second kappa shape index (κ2) is 6.90. The average Bonchev–Trinajstić information content (AvgIpc) is 2.64. The lowest BCUT2D eigenvalue weighted by molar-refractivity contribution is -0.109. The predicted octanol–water partition coefficient (Wildman–Crippen LogP) is 5.57. The first-order chi connectivity index (χ1) is 12.3. The molecule has 0 radical (unpaired) electrons. The second-order valence-electron chi connectivity index (χ2n) is 8.87. The van der Waals surface area contributed by atoms with E-state index in [9.17, 15) is 4.79 Å². The summed E-state index contributed by atoms with van der Waals surface area (Å²) in [6, 6.07) is 14.7. The van der Waals surface area contributed by atoms with Gasteiger partial charge < -0.3 is 9.53 Å². The molecule has 1 aliphatic carbocycles. The van der Waals surface area contributed by atoms with Crippen molar-refractivity contribution in [3.8, 4) is 5.75 Å². The van der Waals surface area contributed by atoms with Gasteiger partial charge >= 0.3 is 0 Å². The van der Waals surface area contributed by atoms with Crippen LogP contribution in [0, 0.1) is 0 Å². The first-order valence-corrected chi connectivity index (χ1v) is 9.50. The standard InChI is InChI=1S/C24H30O2/c1-23(2)12-13-24(3,4)22-15-18(8-11-21(22)23)19(16-25)14-17-6-9-20(26-5)10-7-17/h6-11,15-16,19H,12-14H2,1-5H3. The van der Waals surface area contributed by atoms with Crippen molar-refractivity contribution in [1.29, 1.82) is 0 Å². The smallest absolute Gasteiger partial charge is 0.127 e. The summed E-state index contributed by atoms with van der Waals surface area (Å²) < 4.78 is 5.22. The van der Waals surface area contributed by atoms with Gasteiger partial charge in [0.15, 0.2) is 0 Å². The minimum absolute atomic E-state index is 0.116. The summed E-state index contributed by atoms with van der Waals surface area (Å²) in [5, 5.41) is 0. The number of carbonyl (C=O) groups is 1. The van der Waals surface area contributed by atoms with Gasteiger partial charge in [-0.25, -0.2) is 0 Å². The van der Waals surface area contributed by atoms with Crippen LogP contribution in [0.4, 0.5) is 0 Å². The molecule has 0 heterocycles. The Morgan fingerprint density at radius 3 is 2.15 bits per heavy atom. The van der Waals surface area contributed by atoms with Crippen molar-refractivity contribution in [3.05, 3.63) is 64.7 Å². The third-order valence-electron chi connectivity index (χ3n) is 6.08. The number of methoxy groups -OCH3 is 1. The summed E-state index contributed by atoms with van der Waals surface area (Å²) in [7, 11) is 1.67. The zero-order valence-corrected chi connectivity index (χ0v) is 16.6. The van der Waals surface area contributed by atoms with Crippen molar-refractivity contribution in [2.24, 2.45) is 0 Å². The Labute approximate surface area is 157 Å². The van der Waals surface area contributed by atoms with E-state index in [0.717, 1.165) is 29.6 Å². The minimum atomic E-state index is -0.116. The molecule has 1 atom stereocenters. The first kappa shape index (κ1) is 18.7. The third-order valence-corrected chi connectivity index (χ3v) is 6.08. The molecule has 26 heavy (non-hydrogen) atoms. The van der Waals surface area contributed by atoms with Gasteiger partial charge in [0, 0.05) is 5.92 Å². The first-order valence-electron chi connectivity index (χ1n) is 9.50. The Hall–Kier alpha value is -2.09. The van der Waals surface area contributed by atoms with Crippen molar-refractivity contribution in [1.82, 2.24) is 0 Å². The van der Waals surface area contributed by atoms with Crippen molar-refractivity contribution >= 4 is 6.29 Å². The molecule has 2 aromatic carbocycles. The fourth-order valence-corrected chi connectivity index (χ4v) is 4.10. The molecular weight excluding hydrogens is 320 g/mol. The maximum Gasteiger partial charge on any atom is 0.127 e. The number of hydrogen-bond donors (Lipinski definition) is 0. The molecule has 0 fully saturated rings. The van der Waals surface area contributed by atoms with Gasteiger partial charge in [0.1, 0.15) is 12.0 Å². The second-order valence-corrected chi connectivity index (χ2v) is 8.87. The monoisotopic (exact) mass is 350 g/mol. The van der Waals surface area contributed by atoms with E-state index in [0.29, 0.717) is 0 Å². The van der Waals surface area contributed by atoms with Crippen molar-refractivity contribution < 1.29 is 9.53 Å². The van der Waals surface area contributed by atoms with Gasteiger partial charge in [-0.1, -0.05) is 58.0 Å². The number of carbonyl (C=O) groups excluding carboxylic acids is 1. The molecule has 0 saturated heterocycles. The van der Waals surface area contributed by atoms with Gasteiger partial charge in [0.25, 0.3) is 0 Å². The minimum Gasteiger partial charge on any atom is -0.497 e. The van der Waals surface area contributed by atoms with Crippen LogP contribution in [-0.4, -0.2) is 13.4 Å². The largest absolute Gasteiger partial charge is 0.497 e. The van der Waals surface area contributed by atoms with E-state index in [2.05, 4.69) is 45.9 Å². The maximum atomic E-state index is 11.9. The van der Waals surface area contributed by atoms with E-state index in [4.69, 9.17) is 4.74 Å². The summed E-state index contributed by atoms with van der Waals surface area (Å²) >= 11 is 0. The van der Waals surface area contributed by atoms with Crippen LogP contribution in [0.5, 0.6) is 5.75 Å². The summed E-state index contributed by atoms with van der Waals surface area (Å²) in [5.41, 5.74) is 5.49. The van der Waals surface area contributed by atoms with Crippen LogP contribution in [0.15, 0.2) is 42.5 Å². The Balaban J connectivity index is 1.93. The van der Waals surface area contributed by atoms with E-state index in [-0.39, 0.29) is 16.7 Å². The van der Waals surface area contributed by atoms with Crippen LogP contribution in [-0.2, 0) is 22.0 Å². The van der Waals surface area contributed by atoms with E-state index >= 15 is 0 Å². The molecule has 0 amide bonds. The molecule has 1 aliphatic rings. The highest BCUT2D eigenvalue weighted by Gasteiger charge is 2.37. The highest BCUT2D eigenvalue weighted by atomic mass is 16.5. The average molecular weight is 351 g/mol. The van der Waals surface area contributed by atoms with Crippen LogP contribution in [0.25, 0.3) is 0 Å². The summed E-state index contributed by atoms with van der Waals surface area (Å²) in [6.45, 7) is 9.30. The zero-order valence-electron chi connectivity index (χ0n) is 16.6. The fourth-order valence-electron chi connectivity index (χ4n) is 4.10. The van der Waals surface area contributed by atoms with Crippen molar-refractivity contribution in [3.63, 3.8) is 0 Å². The van der Waals surface area contributed by atoms with Gasteiger partial charge in [0.2, 0.25) is 0 Å². The molecule has 2 heteroatoms. The summed E-state index contributed by atoms with van der Waals surface area (Å²) in [4.78, 5) is 11.9. The molecule has 0 aromatic heterocycles. The number of benzene rings is 2. The highest BCUT2D eigenvalue weighted by Crippen LogP contribution is 2.46. The van der Waals surface area contributed by atoms with Gasteiger partial charge in [-0.05, 0) is 64.5 Å². The molecular formula is C24H30O2. The number of fused-ring (bicyclic) bond motifs is 1. The SMILES string of the molecule is COc1ccc(CC(C=O)c2ccc3c(c2)C(C)(C)CCC3(C)C)cc1. The maximum absolute atomic E-state index is 11.9. The highest BCUT2D eigenvalue weighted by molar-refractivity contribution is 5.64. The fraction of sp³-hybridized carbons (Fsp3) is 0.458. The number of ether oxygens (including phenoxy) is 1. The number of aldehydes is 1. The molecule has 0 bridgehead atoms. The predicted molar refractivity (Wildman–Crippen MR) is 107 cm³/mol. The van der Waals surface area contributed by atoms with Crippen molar-refractivity contribution in [2.45, 2.75) is 63.7 Å². The van der Waals surface area contributed by atoms with E-state index in [1.165, 1.54) is 24.0 Å². The topological polar surface area (TPSA) is 26.3 Å². The lowest BCUT2D eigenvalue weighted by Crippen LogP contribution is -2.34. The van der Waals surface area contributed by atoms with Gasteiger partial charge in [0.05, 0.1) is 7.11 Å². The zero-order chi connectivity index (χ0) is 18.9. The molecule has 3 rings (SSSR count). The molecule has 0 aliphatic heterocycles. The van der Waals surface area contributed by atoms with Crippen LogP contribution in [0.2, 0.25) is 0 Å². The summed E-state index contributed by atoms with van der Waals surface area (Å²) in [5.74, 6) is 0.726. The van der Waals surface area contributed by atoms with Crippen LogP contribution >= 0.6 is 0 Å². The molecule has 1 unspecified atom stereocenters. The van der Waals surface area contributed by atoms with Crippen LogP contribution in [0.1, 0.15) is 68.7 Å². The molecule has 0 spiro atoms. The molecule has 0 N–H and O–H groups in total. The Kier molecular flexibility index (Phi) is 4.96. The Morgan fingerprint density at radius 2 is 1.58 bits per heavy atom. The number of hydrogen-bond acceptors (Lipinski definition) is 2. The van der Waals surface area contributed by atoms with Crippen LogP contribution in [0.3, 0.4) is 0 Å². The van der Waals surface area contributed by atoms with Gasteiger partial charge in [-0.2, -0.15) is 0 Å². The van der Waals surface area contributed by atoms with Crippen molar-refractivity contribution in [2.75, 3.05) is 7.11 Å². The lowest BCUT2D eigenvalue weighted by Gasteiger charge is -2.42. The third kappa shape index (κ3) is 3.56. The van der Waals surface area contributed by atoms with Gasteiger partial charge in [-0.15, -0.1) is 0 Å². The van der Waals surface area contributed by atoms with E-state index < -0.39 is 0 Å². The number of rotatable bonds is 5. The Bertz CT molecular complexity index is 784. The van der Waals surface area contributed by atoms with E-state index in [1.54, 1.807) is 7.11 Å². The quantitative estimate of drug-likeness (QED) is 0.659. The Morgan fingerprint density at radius 1 is 0.962 bits per heavy atom. The molecule has 138 valence electrons. The molecule has 2 nitrogen and oxygen atoms in total.